The lowest BCUT2D eigenvalue weighted by Crippen LogP contribution is -2.47. The van der Waals surface area contributed by atoms with Gasteiger partial charge in [0.25, 0.3) is 0 Å². The maximum Gasteiger partial charge on any atom is 0.317 e. The Balaban J connectivity index is 1.91. The summed E-state index contributed by atoms with van der Waals surface area (Å²) < 4.78 is 0. The number of amides is 2. The Bertz CT molecular complexity index is 505. The first-order chi connectivity index (χ1) is 10.0. The van der Waals surface area contributed by atoms with Crippen LogP contribution in [0.15, 0.2) is 24.3 Å². The number of rotatable bonds is 5. The minimum atomic E-state index is -0.880. The molecule has 0 saturated carbocycles. The van der Waals surface area contributed by atoms with Gasteiger partial charge in [-0.1, -0.05) is 31.2 Å². The molecule has 0 spiro atoms. The highest BCUT2D eigenvalue weighted by atomic mass is 16.4. The molecule has 0 heterocycles. The third kappa shape index (κ3) is 3.74. The maximum absolute atomic E-state index is 12.3. The largest absolute Gasteiger partial charge is 0.481 e. The van der Waals surface area contributed by atoms with E-state index in [9.17, 15) is 9.59 Å². The molecule has 1 aliphatic rings. The van der Waals surface area contributed by atoms with E-state index in [1.54, 1.807) is 11.8 Å². The van der Waals surface area contributed by atoms with Gasteiger partial charge in [-0.25, -0.2) is 4.79 Å². The van der Waals surface area contributed by atoms with E-state index in [0.717, 1.165) is 12.8 Å². The number of carboxylic acids is 1. The summed E-state index contributed by atoms with van der Waals surface area (Å²) in [5.74, 6) is -1.44. The van der Waals surface area contributed by atoms with E-state index >= 15 is 0 Å². The first kappa shape index (κ1) is 15.4. The number of hydrogen-bond donors (Lipinski definition) is 2. The average Bonchev–Trinajstić information content (AvgIpc) is 2.86. The molecule has 0 radical (unpaired) electrons. The zero-order valence-electron chi connectivity index (χ0n) is 12.5. The van der Waals surface area contributed by atoms with E-state index in [1.807, 2.05) is 19.1 Å². The lowest BCUT2D eigenvalue weighted by atomic mass is 10.1. The second-order valence-corrected chi connectivity index (χ2v) is 5.60. The predicted molar refractivity (Wildman–Crippen MR) is 80.2 cm³/mol. The number of benzene rings is 1. The molecule has 1 aromatic rings. The molecule has 2 amide bonds. The molecule has 0 aliphatic heterocycles. The number of nitrogens with one attached hydrogen (secondary N) is 1. The fourth-order valence-electron chi connectivity index (χ4n) is 2.69. The molecular weight excluding hydrogens is 268 g/mol. The van der Waals surface area contributed by atoms with Crippen LogP contribution in [0.25, 0.3) is 0 Å². The second-order valence-electron chi connectivity index (χ2n) is 5.60. The summed E-state index contributed by atoms with van der Waals surface area (Å²) >= 11 is 0. The van der Waals surface area contributed by atoms with E-state index in [1.165, 1.54) is 11.1 Å². The van der Waals surface area contributed by atoms with Crippen LogP contribution < -0.4 is 5.32 Å². The molecule has 0 fully saturated rings. The van der Waals surface area contributed by atoms with Gasteiger partial charge in [-0.2, -0.15) is 0 Å². The summed E-state index contributed by atoms with van der Waals surface area (Å²) in [6, 6.07) is 8.12. The van der Waals surface area contributed by atoms with Gasteiger partial charge in [0.1, 0.15) is 0 Å². The first-order valence-electron chi connectivity index (χ1n) is 7.36. The van der Waals surface area contributed by atoms with Crippen molar-refractivity contribution in [3.63, 3.8) is 0 Å². The predicted octanol–water partition coefficient (Wildman–Crippen LogP) is 1.91. The van der Waals surface area contributed by atoms with Gasteiger partial charge in [-0.05, 0) is 30.9 Å². The Morgan fingerprint density at radius 1 is 1.33 bits per heavy atom. The maximum atomic E-state index is 12.3. The molecule has 5 heteroatoms. The van der Waals surface area contributed by atoms with Crippen LogP contribution in [0.2, 0.25) is 0 Å². The molecule has 0 bridgehead atoms. The Kier molecular flexibility index (Phi) is 4.83. The topological polar surface area (TPSA) is 69.6 Å². The van der Waals surface area contributed by atoms with Gasteiger partial charge in [0.05, 0.1) is 5.92 Å². The molecule has 0 saturated heterocycles. The van der Waals surface area contributed by atoms with Crippen LogP contribution in [-0.4, -0.2) is 41.1 Å². The van der Waals surface area contributed by atoms with Gasteiger partial charge < -0.3 is 15.3 Å². The fourth-order valence-corrected chi connectivity index (χ4v) is 2.69. The standard InChI is InChI=1S/C16H22N2O3/c1-3-18(10-11(2)15(19)20)16(21)17-14-8-12-6-4-5-7-13(12)9-14/h4-7,11,14H,3,8-10H2,1-2H3,(H,17,21)(H,19,20). The van der Waals surface area contributed by atoms with Crippen molar-refractivity contribution in [1.82, 2.24) is 10.2 Å². The van der Waals surface area contributed by atoms with Gasteiger partial charge in [0.15, 0.2) is 0 Å². The molecule has 1 unspecified atom stereocenters. The molecule has 1 aliphatic carbocycles. The van der Waals surface area contributed by atoms with Crippen molar-refractivity contribution < 1.29 is 14.7 Å². The Morgan fingerprint density at radius 3 is 2.38 bits per heavy atom. The second kappa shape index (κ2) is 6.61. The van der Waals surface area contributed by atoms with Crippen molar-refractivity contribution in [1.29, 1.82) is 0 Å². The van der Waals surface area contributed by atoms with Crippen LogP contribution >= 0.6 is 0 Å². The van der Waals surface area contributed by atoms with Crippen molar-refractivity contribution in [3.8, 4) is 0 Å². The highest BCUT2D eigenvalue weighted by molar-refractivity contribution is 5.76. The summed E-state index contributed by atoms with van der Waals surface area (Å²) in [6.07, 6.45) is 1.68. The van der Waals surface area contributed by atoms with Gasteiger partial charge >= 0.3 is 12.0 Å². The zero-order chi connectivity index (χ0) is 15.4. The number of aliphatic carboxylic acids is 1. The minimum absolute atomic E-state index is 0.101. The summed E-state index contributed by atoms with van der Waals surface area (Å²) in [6.45, 7) is 4.21. The summed E-state index contributed by atoms with van der Waals surface area (Å²) in [4.78, 5) is 24.7. The zero-order valence-corrected chi connectivity index (χ0v) is 12.5. The Labute approximate surface area is 125 Å². The Hall–Kier alpha value is -2.04. The summed E-state index contributed by atoms with van der Waals surface area (Å²) in [5, 5.41) is 12.0. The lowest BCUT2D eigenvalue weighted by Gasteiger charge is -2.25. The molecule has 2 N–H and O–H groups in total. The molecule has 114 valence electrons. The number of carbonyl (C=O) groups is 2. The number of nitrogens with zero attached hydrogens (tertiary/aromatic N) is 1. The number of urea groups is 1. The van der Waals surface area contributed by atoms with Crippen molar-refractivity contribution in [2.24, 2.45) is 5.92 Å². The third-order valence-electron chi connectivity index (χ3n) is 3.96. The van der Waals surface area contributed by atoms with Crippen molar-refractivity contribution >= 4 is 12.0 Å². The Morgan fingerprint density at radius 2 is 1.90 bits per heavy atom. The SMILES string of the molecule is CCN(CC(C)C(=O)O)C(=O)NC1Cc2ccccc2C1. The quantitative estimate of drug-likeness (QED) is 0.870. The van der Waals surface area contributed by atoms with Crippen molar-refractivity contribution in [3.05, 3.63) is 35.4 Å². The van der Waals surface area contributed by atoms with Crippen LogP contribution in [-0.2, 0) is 17.6 Å². The molecule has 1 atom stereocenters. The molecule has 2 rings (SSSR count). The van der Waals surface area contributed by atoms with Crippen LogP contribution in [0.1, 0.15) is 25.0 Å². The van der Waals surface area contributed by atoms with Crippen molar-refractivity contribution in [2.45, 2.75) is 32.7 Å². The highest BCUT2D eigenvalue weighted by Crippen LogP contribution is 2.21. The first-order valence-corrected chi connectivity index (χ1v) is 7.36. The monoisotopic (exact) mass is 290 g/mol. The number of fused-ring (bicyclic) bond motifs is 1. The van der Waals surface area contributed by atoms with E-state index in [-0.39, 0.29) is 18.6 Å². The van der Waals surface area contributed by atoms with Crippen LogP contribution in [0, 0.1) is 5.92 Å². The molecule has 1 aromatic carbocycles. The van der Waals surface area contributed by atoms with E-state index in [0.29, 0.717) is 6.54 Å². The van der Waals surface area contributed by atoms with Gasteiger partial charge in [0, 0.05) is 19.1 Å². The van der Waals surface area contributed by atoms with Crippen molar-refractivity contribution in [2.75, 3.05) is 13.1 Å². The smallest absolute Gasteiger partial charge is 0.317 e. The normalized spacial score (nSPS) is 15.3. The third-order valence-corrected chi connectivity index (χ3v) is 3.96. The average molecular weight is 290 g/mol. The molecule has 21 heavy (non-hydrogen) atoms. The van der Waals surface area contributed by atoms with E-state index in [4.69, 9.17) is 5.11 Å². The minimum Gasteiger partial charge on any atom is -0.481 e. The number of hydrogen-bond acceptors (Lipinski definition) is 2. The number of carboxylic acid groups (broad SMARTS) is 1. The lowest BCUT2D eigenvalue weighted by molar-refractivity contribution is -0.141. The van der Waals surface area contributed by atoms with Crippen LogP contribution in [0.5, 0.6) is 0 Å². The van der Waals surface area contributed by atoms with E-state index < -0.39 is 11.9 Å². The van der Waals surface area contributed by atoms with Crippen LogP contribution in [0.4, 0.5) is 4.79 Å². The van der Waals surface area contributed by atoms with Gasteiger partial charge in [0.2, 0.25) is 0 Å². The van der Waals surface area contributed by atoms with E-state index in [2.05, 4.69) is 17.4 Å². The highest BCUT2D eigenvalue weighted by Gasteiger charge is 2.25. The fraction of sp³-hybridized carbons (Fsp3) is 0.500. The van der Waals surface area contributed by atoms with Crippen LogP contribution in [0.3, 0.4) is 0 Å². The molecule has 0 aromatic heterocycles. The van der Waals surface area contributed by atoms with Gasteiger partial charge in [-0.15, -0.1) is 0 Å². The molecular formula is C16H22N2O3. The summed E-state index contributed by atoms with van der Waals surface area (Å²) in [7, 11) is 0. The van der Waals surface area contributed by atoms with Gasteiger partial charge in [-0.3, -0.25) is 4.79 Å². The molecule has 5 nitrogen and oxygen atoms in total. The summed E-state index contributed by atoms with van der Waals surface area (Å²) in [5.41, 5.74) is 2.56. The number of carbonyl (C=O) groups excluding carboxylic acids is 1.